The number of nitrogens with zero attached hydrogens (tertiary/aromatic N) is 6. The average Bonchev–Trinajstić information content (AvgIpc) is 3.21. The molecule has 9 nitrogen and oxygen atoms in total. The predicted octanol–water partition coefficient (Wildman–Crippen LogP) is 1.69. The van der Waals surface area contributed by atoms with E-state index in [4.69, 9.17) is 0 Å². The fraction of sp³-hybridized carbons (Fsp3) is 0.286. The predicted molar refractivity (Wildman–Crippen MR) is 110 cm³/mol. The molecule has 0 spiro atoms. The smallest absolute Gasteiger partial charge is 0.320 e. The molecular weight excluding hydrogens is 382 g/mol. The molecule has 1 aliphatic rings. The molecule has 3 aromatic rings. The van der Waals surface area contributed by atoms with Crippen molar-refractivity contribution in [2.45, 2.75) is 19.1 Å². The number of fused-ring (bicyclic) bond motifs is 1. The number of urea groups is 1. The molecule has 1 aliphatic heterocycles. The second-order valence-corrected chi connectivity index (χ2v) is 7.26. The zero-order valence-electron chi connectivity index (χ0n) is 16.9. The van der Waals surface area contributed by atoms with Gasteiger partial charge in [-0.05, 0) is 23.3 Å². The lowest BCUT2D eigenvalue weighted by Crippen LogP contribution is -2.47. The van der Waals surface area contributed by atoms with Crippen LogP contribution in [-0.2, 0) is 13.1 Å². The van der Waals surface area contributed by atoms with Gasteiger partial charge in [-0.2, -0.15) is 0 Å². The van der Waals surface area contributed by atoms with Gasteiger partial charge in [0, 0.05) is 46.1 Å². The van der Waals surface area contributed by atoms with Crippen LogP contribution in [-0.4, -0.2) is 62.1 Å². The Morgan fingerprint density at radius 3 is 2.50 bits per heavy atom. The van der Waals surface area contributed by atoms with Crippen LogP contribution in [0.3, 0.4) is 0 Å². The summed E-state index contributed by atoms with van der Waals surface area (Å²) in [4.78, 5) is 32.9. The van der Waals surface area contributed by atoms with E-state index in [-0.39, 0.29) is 17.8 Å². The second-order valence-electron chi connectivity index (χ2n) is 7.26. The topological polar surface area (TPSA) is 96.2 Å². The van der Waals surface area contributed by atoms with Crippen LogP contribution in [0.15, 0.2) is 54.9 Å². The van der Waals surface area contributed by atoms with Gasteiger partial charge >= 0.3 is 6.03 Å². The Balaban J connectivity index is 1.63. The third kappa shape index (κ3) is 3.73. The second kappa shape index (κ2) is 8.32. The maximum absolute atomic E-state index is 12.8. The van der Waals surface area contributed by atoms with Gasteiger partial charge in [-0.25, -0.2) is 4.79 Å². The summed E-state index contributed by atoms with van der Waals surface area (Å²) in [6, 6.07) is 12.8. The molecule has 0 radical (unpaired) electrons. The summed E-state index contributed by atoms with van der Waals surface area (Å²) >= 11 is 0. The summed E-state index contributed by atoms with van der Waals surface area (Å²) in [7, 11) is 3.45. The highest BCUT2D eigenvalue weighted by Gasteiger charge is 2.37. The average molecular weight is 405 g/mol. The number of hydrogen-bond acceptors (Lipinski definition) is 5. The molecule has 1 atom stereocenters. The van der Waals surface area contributed by atoms with E-state index in [2.05, 4.69) is 20.5 Å². The van der Waals surface area contributed by atoms with Crippen LogP contribution in [0.1, 0.15) is 33.6 Å². The molecule has 1 N–H and O–H groups in total. The molecule has 3 heterocycles. The molecule has 2 aromatic heterocycles. The highest BCUT2D eigenvalue weighted by atomic mass is 16.2. The Labute approximate surface area is 174 Å². The van der Waals surface area contributed by atoms with Gasteiger partial charge in [-0.1, -0.05) is 30.3 Å². The fourth-order valence-electron chi connectivity index (χ4n) is 3.57. The minimum atomic E-state index is -0.413. The maximum atomic E-state index is 12.8. The van der Waals surface area contributed by atoms with Crippen LogP contribution >= 0.6 is 0 Å². The SMILES string of the molecule is CN(C)C(=O)N1CCn2c(C(=O)NCc3ccncc3)nnc2[C@H]1c1ccccc1. The van der Waals surface area contributed by atoms with Gasteiger partial charge in [0.15, 0.2) is 5.82 Å². The number of benzene rings is 1. The fourth-order valence-corrected chi connectivity index (χ4v) is 3.57. The first-order valence-electron chi connectivity index (χ1n) is 9.69. The van der Waals surface area contributed by atoms with Crippen LogP contribution < -0.4 is 5.32 Å². The lowest BCUT2D eigenvalue weighted by molar-refractivity contribution is 0.0931. The summed E-state index contributed by atoms with van der Waals surface area (Å²) in [5.74, 6) is 0.526. The van der Waals surface area contributed by atoms with Gasteiger partial charge in [-0.3, -0.25) is 9.78 Å². The van der Waals surface area contributed by atoms with E-state index < -0.39 is 6.04 Å². The first-order chi connectivity index (χ1) is 14.6. The molecule has 0 saturated heterocycles. The number of aromatic nitrogens is 4. The van der Waals surface area contributed by atoms with Crippen molar-refractivity contribution in [1.82, 2.24) is 34.9 Å². The molecule has 4 rings (SSSR count). The molecule has 3 amide bonds. The molecule has 154 valence electrons. The van der Waals surface area contributed by atoms with Crippen LogP contribution in [0, 0.1) is 0 Å². The number of pyridine rings is 1. The van der Waals surface area contributed by atoms with Crippen LogP contribution in [0.4, 0.5) is 4.79 Å². The number of carbonyl (C=O) groups is 2. The van der Waals surface area contributed by atoms with Crippen molar-refractivity contribution in [2.75, 3.05) is 20.6 Å². The largest absolute Gasteiger partial charge is 0.345 e. The minimum absolute atomic E-state index is 0.109. The Bertz CT molecular complexity index is 1030. The van der Waals surface area contributed by atoms with Crippen LogP contribution in [0.25, 0.3) is 0 Å². The standard InChI is InChI=1S/C21H23N7O2/c1-26(2)21(30)27-12-13-28-18(17(27)16-6-4-3-5-7-16)24-25-19(28)20(29)23-14-15-8-10-22-11-9-15/h3-11,17H,12-14H2,1-2H3,(H,23,29)/t17-/m1/s1. The van der Waals surface area contributed by atoms with E-state index >= 15 is 0 Å². The Hall–Kier alpha value is -3.75. The molecule has 0 bridgehead atoms. The van der Waals surface area contributed by atoms with E-state index in [1.165, 1.54) is 0 Å². The van der Waals surface area contributed by atoms with Gasteiger partial charge in [0.25, 0.3) is 5.91 Å². The van der Waals surface area contributed by atoms with Crippen molar-refractivity contribution >= 4 is 11.9 Å². The summed E-state index contributed by atoms with van der Waals surface area (Å²) in [6.45, 7) is 1.27. The Morgan fingerprint density at radius 1 is 1.07 bits per heavy atom. The summed E-state index contributed by atoms with van der Waals surface area (Å²) in [5, 5.41) is 11.4. The lowest BCUT2D eigenvalue weighted by Gasteiger charge is -2.37. The molecule has 1 aromatic carbocycles. The number of nitrogens with one attached hydrogen (secondary N) is 1. The zero-order chi connectivity index (χ0) is 21.1. The Morgan fingerprint density at radius 2 is 1.80 bits per heavy atom. The first kappa shape index (κ1) is 19.6. The number of carbonyl (C=O) groups excluding carboxylic acids is 2. The minimum Gasteiger partial charge on any atom is -0.345 e. The summed E-state index contributed by atoms with van der Waals surface area (Å²) < 4.78 is 1.80. The number of rotatable bonds is 4. The molecule has 0 saturated carbocycles. The highest BCUT2D eigenvalue weighted by molar-refractivity contribution is 5.90. The van der Waals surface area contributed by atoms with Crippen molar-refractivity contribution < 1.29 is 9.59 Å². The van der Waals surface area contributed by atoms with Crippen molar-refractivity contribution in [2.24, 2.45) is 0 Å². The molecule has 0 unspecified atom stereocenters. The summed E-state index contributed by atoms with van der Waals surface area (Å²) in [6.07, 6.45) is 3.36. The van der Waals surface area contributed by atoms with E-state index in [0.717, 1.165) is 11.1 Å². The van der Waals surface area contributed by atoms with Crippen molar-refractivity contribution in [3.05, 3.63) is 77.6 Å². The zero-order valence-corrected chi connectivity index (χ0v) is 16.9. The van der Waals surface area contributed by atoms with Crippen LogP contribution in [0.5, 0.6) is 0 Å². The van der Waals surface area contributed by atoms with Crippen molar-refractivity contribution in [1.29, 1.82) is 0 Å². The van der Waals surface area contributed by atoms with E-state index in [9.17, 15) is 9.59 Å². The van der Waals surface area contributed by atoms with Crippen molar-refractivity contribution in [3.8, 4) is 0 Å². The van der Waals surface area contributed by atoms with E-state index in [1.54, 1.807) is 40.9 Å². The highest BCUT2D eigenvalue weighted by Crippen LogP contribution is 2.31. The van der Waals surface area contributed by atoms with Crippen molar-refractivity contribution in [3.63, 3.8) is 0 Å². The first-order valence-corrected chi connectivity index (χ1v) is 9.69. The Kier molecular flexibility index (Phi) is 5.42. The normalized spacial score (nSPS) is 15.4. The monoisotopic (exact) mass is 405 g/mol. The maximum Gasteiger partial charge on any atom is 0.320 e. The third-order valence-corrected chi connectivity index (χ3v) is 5.05. The molecule has 0 aliphatic carbocycles. The van der Waals surface area contributed by atoms with Crippen LogP contribution in [0.2, 0.25) is 0 Å². The quantitative estimate of drug-likeness (QED) is 0.713. The molecular formula is C21H23N7O2. The number of hydrogen-bond donors (Lipinski definition) is 1. The molecule has 30 heavy (non-hydrogen) atoms. The van der Waals surface area contributed by atoms with Gasteiger partial charge in [0.05, 0.1) is 0 Å². The molecule has 0 fully saturated rings. The molecule has 9 heteroatoms. The van der Waals surface area contributed by atoms with E-state index in [0.29, 0.717) is 25.5 Å². The van der Waals surface area contributed by atoms with Gasteiger partial charge in [0.1, 0.15) is 6.04 Å². The lowest BCUT2D eigenvalue weighted by atomic mass is 10.0. The third-order valence-electron chi connectivity index (χ3n) is 5.05. The summed E-state index contributed by atoms with van der Waals surface area (Å²) in [5.41, 5.74) is 1.87. The van der Waals surface area contributed by atoms with Gasteiger partial charge in [-0.15, -0.1) is 10.2 Å². The van der Waals surface area contributed by atoms with Gasteiger partial charge < -0.3 is 19.7 Å². The van der Waals surface area contributed by atoms with E-state index in [1.807, 2.05) is 42.5 Å². The van der Waals surface area contributed by atoms with Gasteiger partial charge in [0.2, 0.25) is 5.82 Å². The number of amides is 3.